The molecule has 1 aromatic carbocycles. The molecule has 1 atom stereocenters. The Bertz CT molecular complexity index is 466. The Kier molecular flexibility index (Phi) is 7.55. The monoisotopic (exact) mass is 364 g/mol. The van der Waals surface area contributed by atoms with E-state index in [1.165, 1.54) is 0 Å². The predicted octanol–water partition coefficient (Wildman–Crippen LogP) is 2.80. The van der Waals surface area contributed by atoms with E-state index >= 15 is 0 Å². The van der Waals surface area contributed by atoms with Gasteiger partial charge < -0.3 is 15.8 Å². The zero-order chi connectivity index (χ0) is 14.6. The van der Waals surface area contributed by atoms with Crippen molar-refractivity contribution in [3.05, 3.63) is 28.2 Å². The first-order valence-corrected chi connectivity index (χ1v) is 6.99. The van der Waals surface area contributed by atoms with Crippen molar-refractivity contribution in [3.8, 4) is 5.75 Å². The fraction of sp³-hybridized carbons (Fsp3) is 0.500. The highest BCUT2D eigenvalue weighted by atomic mass is 79.9. The SMILES string of the molecule is Cc1ccc(OC(C)C(=O)NC(C)(C)CN)c(Br)c1.Cl. The minimum atomic E-state index is -0.579. The van der Waals surface area contributed by atoms with Gasteiger partial charge in [0.2, 0.25) is 0 Å². The summed E-state index contributed by atoms with van der Waals surface area (Å²) < 4.78 is 6.49. The molecule has 20 heavy (non-hydrogen) atoms. The number of nitrogens with two attached hydrogens (primary N) is 1. The molecule has 0 aliphatic carbocycles. The first kappa shape index (κ1) is 19.2. The lowest BCUT2D eigenvalue weighted by Crippen LogP contribution is -2.52. The lowest BCUT2D eigenvalue weighted by Gasteiger charge is -2.26. The van der Waals surface area contributed by atoms with Crippen LogP contribution in [0, 0.1) is 6.92 Å². The molecule has 0 bridgehead atoms. The molecule has 0 radical (unpaired) electrons. The number of nitrogens with one attached hydrogen (secondary N) is 1. The second-order valence-electron chi connectivity index (χ2n) is 5.27. The largest absolute Gasteiger partial charge is 0.480 e. The van der Waals surface area contributed by atoms with Crippen LogP contribution in [0.25, 0.3) is 0 Å². The van der Waals surface area contributed by atoms with Crippen LogP contribution in [-0.4, -0.2) is 24.1 Å². The van der Waals surface area contributed by atoms with Crippen molar-refractivity contribution in [1.29, 1.82) is 0 Å². The van der Waals surface area contributed by atoms with Crippen LogP contribution in [0.15, 0.2) is 22.7 Å². The minimum absolute atomic E-state index is 0. The number of ether oxygens (including phenoxy) is 1. The molecular weight excluding hydrogens is 344 g/mol. The van der Waals surface area contributed by atoms with Crippen molar-refractivity contribution >= 4 is 34.2 Å². The zero-order valence-corrected chi connectivity index (χ0v) is 14.6. The third-order valence-electron chi connectivity index (χ3n) is 2.73. The number of rotatable bonds is 5. The van der Waals surface area contributed by atoms with Crippen molar-refractivity contribution in [2.24, 2.45) is 5.73 Å². The van der Waals surface area contributed by atoms with Crippen LogP contribution in [0.4, 0.5) is 0 Å². The van der Waals surface area contributed by atoms with Gasteiger partial charge in [0.15, 0.2) is 6.10 Å². The molecule has 1 amide bonds. The second-order valence-corrected chi connectivity index (χ2v) is 6.13. The quantitative estimate of drug-likeness (QED) is 0.843. The number of aryl methyl sites for hydroxylation is 1. The molecule has 6 heteroatoms. The minimum Gasteiger partial charge on any atom is -0.480 e. The van der Waals surface area contributed by atoms with Crippen LogP contribution in [0.1, 0.15) is 26.3 Å². The Morgan fingerprint density at radius 1 is 1.50 bits per heavy atom. The van der Waals surface area contributed by atoms with Crippen molar-refractivity contribution in [3.63, 3.8) is 0 Å². The van der Waals surface area contributed by atoms with E-state index < -0.39 is 11.6 Å². The summed E-state index contributed by atoms with van der Waals surface area (Å²) in [7, 11) is 0. The lowest BCUT2D eigenvalue weighted by atomic mass is 10.1. The number of hydrogen-bond donors (Lipinski definition) is 2. The Morgan fingerprint density at radius 2 is 2.10 bits per heavy atom. The molecule has 0 fully saturated rings. The van der Waals surface area contributed by atoms with E-state index in [0.29, 0.717) is 12.3 Å². The fourth-order valence-electron chi connectivity index (χ4n) is 1.43. The van der Waals surface area contributed by atoms with Gasteiger partial charge in [-0.1, -0.05) is 6.07 Å². The molecule has 0 saturated carbocycles. The van der Waals surface area contributed by atoms with Gasteiger partial charge in [-0.25, -0.2) is 0 Å². The van der Waals surface area contributed by atoms with E-state index in [1.54, 1.807) is 6.92 Å². The van der Waals surface area contributed by atoms with Gasteiger partial charge in [0, 0.05) is 12.1 Å². The smallest absolute Gasteiger partial charge is 0.261 e. The van der Waals surface area contributed by atoms with Crippen molar-refractivity contribution in [2.45, 2.75) is 39.3 Å². The predicted molar refractivity (Wildman–Crippen MR) is 87.5 cm³/mol. The van der Waals surface area contributed by atoms with E-state index in [1.807, 2.05) is 39.0 Å². The molecule has 4 nitrogen and oxygen atoms in total. The number of carbonyl (C=O) groups is 1. The van der Waals surface area contributed by atoms with Crippen LogP contribution in [0.3, 0.4) is 0 Å². The van der Waals surface area contributed by atoms with Gasteiger partial charge in [0.05, 0.1) is 4.47 Å². The molecule has 0 spiro atoms. The first-order valence-electron chi connectivity index (χ1n) is 6.20. The molecule has 0 aliphatic rings. The van der Waals surface area contributed by atoms with Gasteiger partial charge in [0.25, 0.3) is 5.91 Å². The molecule has 0 saturated heterocycles. The molecule has 114 valence electrons. The normalized spacial score (nSPS) is 12.3. The number of benzene rings is 1. The summed E-state index contributed by atoms with van der Waals surface area (Å²) in [6.07, 6.45) is -0.579. The summed E-state index contributed by atoms with van der Waals surface area (Å²) in [6, 6.07) is 5.73. The summed E-state index contributed by atoms with van der Waals surface area (Å²) in [5.41, 5.74) is 6.28. The number of amides is 1. The van der Waals surface area contributed by atoms with Crippen LogP contribution in [0.2, 0.25) is 0 Å². The van der Waals surface area contributed by atoms with Gasteiger partial charge in [-0.3, -0.25) is 4.79 Å². The maximum Gasteiger partial charge on any atom is 0.261 e. The van der Waals surface area contributed by atoms with E-state index in [0.717, 1.165) is 10.0 Å². The van der Waals surface area contributed by atoms with Gasteiger partial charge in [-0.2, -0.15) is 0 Å². The van der Waals surface area contributed by atoms with Crippen LogP contribution in [0.5, 0.6) is 5.75 Å². The zero-order valence-electron chi connectivity index (χ0n) is 12.2. The first-order chi connectivity index (χ1) is 8.75. The lowest BCUT2D eigenvalue weighted by molar-refractivity contribution is -0.128. The van der Waals surface area contributed by atoms with Gasteiger partial charge in [-0.05, 0) is 61.3 Å². The average Bonchev–Trinajstić information content (AvgIpc) is 2.32. The number of carbonyl (C=O) groups excluding carboxylic acids is 1. The molecule has 0 heterocycles. The van der Waals surface area contributed by atoms with Crippen molar-refractivity contribution in [2.75, 3.05) is 6.54 Å². The number of halogens is 2. The molecular formula is C14H22BrClN2O2. The Balaban J connectivity index is 0.00000361. The molecule has 1 unspecified atom stereocenters. The van der Waals surface area contributed by atoms with E-state index in [4.69, 9.17) is 10.5 Å². The molecule has 0 aromatic heterocycles. The molecule has 1 rings (SSSR count). The van der Waals surface area contributed by atoms with Gasteiger partial charge in [-0.15, -0.1) is 12.4 Å². The standard InChI is InChI=1S/C14H21BrN2O2.ClH/c1-9-5-6-12(11(15)7-9)19-10(2)13(18)17-14(3,4)8-16;/h5-7,10H,8,16H2,1-4H3,(H,17,18);1H. The van der Waals surface area contributed by atoms with Crippen LogP contribution >= 0.6 is 28.3 Å². The summed E-state index contributed by atoms with van der Waals surface area (Å²) >= 11 is 3.42. The summed E-state index contributed by atoms with van der Waals surface area (Å²) in [5.74, 6) is 0.474. The summed E-state index contributed by atoms with van der Waals surface area (Å²) in [6.45, 7) is 7.83. The fourth-order valence-corrected chi connectivity index (χ4v) is 2.02. The highest BCUT2D eigenvalue weighted by Crippen LogP contribution is 2.26. The maximum atomic E-state index is 12.0. The summed E-state index contributed by atoms with van der Waals surface area (Å²) in [5, 5.41) is 2.85. The van der Waals surface area contributed by atoms with Crippen LogP contribution in [-0.2, 0) is 4.79 Å². The Hall–Kier alpha value is -0.780. The second kappa shape index (κ2) is 7.86. The van der Waals surface area contributed by atoms with Crippen LogP contribution < -0.4 is 15.8 Å². The highest BCUT2D eigenvalue weighted by Gasteiger charge is 2.23. The highest BCUT2D eigenvalue weighted by molar-refractivity contribution is 9.10. The van der Waals surface area contributed by atoms with E-state index in [-0.39, 0.29) is 18.3 Å². The van der Waals surface area contributed by atoms with Gasteiger partial charge >= 0.3 is 0 Å². The Labute approximate surface area is 135 Å². The average molecular weight is 366 g/mol. The molecule has 1 aromatic rings. The van der Waals surface area contributed by atoms with Crippen molar-refractivity contribution < 1.29 is 9.53 Å². The maximum absolute atomic E-state index is 12.0. The molecule has 3 N–H and O–H groups in total. The van der Waals surface area contributed by atoms with Crippen molar-refractivity contribution in [1.82, 2.24) is 5.32 Å². The third kappa shape index (κ3) is 5.69. The van der Waals surface area contributed by atoms with Gasteiger partial charge in [0.1, 0.15) is 5.75 Å². The van der Waals surface area contributed by atoms with E-state index in [9.17, 15) is 4.79 Å². The summed E-state index contributed by atoms with van der Waals surface area (Å²) in [4.78, 5) is 12.0. The van der Waals surface area contributed by atoms with E-state index in [2.05, 4.69) is 21.2 Å². The number of hydrogen-bond acceptors (Lipinski definition) is 3. The Morgan fingerprint density at radius 3 is 2.60 bits per heavy atom. The molecule has 0 aliphatic heterocycles. The third-order valence-corrected chi connectivity index (χ3v) is 3.35. The topological polar surface area (TPSA) is 64.3 Å².